The third-order valence-electron chi connectivity index (χ3n) is 6.37. The van der Waals surface area contributed by atoms with Crippen molar-refractivity contribution in [3.8, 4) is 21.3 Å². The molecule has 2 aromatic carbocycles. The summed E-state index contributed by atoms with van der Waals surface area (Å²) in [5.74, 6) is 3.81. The molecule has 164 valence electrons. The van der Waals surface area contributed by atoms with Gasteiger partial charge in [0.05, 0.1) is 19.2 Å². The number of furan rings is 2. The molecule has 2 nitrogen and oxygen atoms in total. The summed E-state index contributed by atoms with van der Waals surface area (Å²) in [6.07, 6.45) is 0. The van der Waals surface area contributed by atoms with Gasteiger partial charge >= 0.3 is 0 Å². The molecular formula is C28H16O2S4. The summed E-state index contributed by atoms with van der Waals surface area (Å²) in [7, 11) is 0. The van der Waals surface area contributed by atoms with E-state index in [2.05, 4.69) is 48.5 Å². The van der Waals surface area contributed by atoms with Gasteiger partial charge in [0.25, 0.3) is 0 Å². The Balaban J connectivity index is 1.37. The topological polar surface area (TPSA) is 26.3 Å². The molecule has 0 spiro atoms. The normalized spacial score (nSPS) is 12.4. The third kappa shape index (κ3) is 2.65. The van der Waals surface area contributed by atoms with Crippen LogP contribution in [0.25, 0.3) is 71.0 Å². The summed E-state index contributed by atoms with van der Waals surface area (Å²) >= 11 is 7.47. The lowest BCUT2D eigenvalue weighted by molar-refractivity contribution is 0.549. The molecule has 6 aromatic heterocycles. The van der Waals surface area contributed by atoms with Crippen molar-refractivity contribution in [3.63, 3.8) is 0 Å². The molecule has 0 atom stereocenters. The largest absolute Gasteiger partial charge is 0.461 e. The zero-order chi connectivity index (χ0) is 22.6. The highest BCUT2D eigenvalue weighted by Crippen LogP contribution is 2.50. The van der Waals surface area contributed by atoms with Gasteiger partial charge in [-0.3, -0.25) is 0 Å². The van der Waals surface area contributed by atoms with E-state index in [1.165, 1.54) is 59.5 Å². The minimum Gasteiger partial charge on any atom is -0.461 e. The van der Waals surface area contributed by atoms with Crippen molar-refractivity contribution >= 4 is 95.1 Å². The van der Waals surface area contributed by atoms with Crippen LogP contribution in [-0.2, 0) is 0 Å². The summed E-state index contributed by atoms with van der Waals surface area (Å²) in [6, 6.07) is 22.0. The lowest BCUT2D eigenvalue weighted by Crippen LogP contribution is -1.65. The quantitative estimate of drug-likeness (QED) is 0.230. The monoisotopic (exact) mass is 512 g/mol. The van der Waals surface area contributed by atoms with Crippen molar-refractivity contribution in [2.75, 3.05) is 0 Å². The molecule has 0 N–H and O–H groups in total. The van der Waals surface area contributed by atoms with Gasteiger partial charge in [-0.2, -0.15) is 0 Å². The van der Waals surface area contributed by atoms with E-state index in [1.54, 1.807) is 0 Å². The van der Waals surface area contributed by atoms with Crippen molar-refractivity contribution in [2.24, 2.45) is 0 Å². The number of fused-ring (bicyclic) bond motifs is 9. The lowest BCUT2D eigenvalue weighted by Gasteiger charge is -1.94. The van der Waals surface area contributed by atoms with Crippen LogP contribution in [-0.4, -0.2) is 0 Å². The van der Waals surface area contributed by atoms with Gasteiger partial charge in [-0.15, -0.1) is 45.3 Å². The van der Waals surface area contributed by atoms with E-state index in [0.29, 0.717) is 0 Å². The Morgan fingerprint density at radius 2 is 0.941 bits per heavy atom. The zero-order valence-corrected chi connectivity index (χ0v) is 21.5. The van der Waals surface area contributed by atoms with Crippen LogP contribution in [0.1, 0.15) is 11.5 Å². The van der Waals surface area contributed by atoms with Crippen LogP contribution in [0.15, 0.2) is 69.5 Å². The first-order valence-corrected chi connectivity index (χ1v) is 14.3. The first kappa shape index (κ1) is 19.4. The Bertz CT molecular complexity index is 1900. The maximum atomic E-state index is 5.90. The molecule has 0 bridgehead atoms. The van der Waals surface area contributed by atoms with Crippen molar-refractivity contribution in [3.05, 3.63) is 72.2 Å². The molecule has 0 unspecified atom stereocenters. The Labute approximate surface area is 210 Å². The maximum absolute atomic E-state index is 5.90. The smallest absolute Gasteiger partial charge is 0.144 e. The van der Waals surface area contributed by atoms with Gasteiger partial charge in [-0.25, -0.2) is 0 Å². The van der Waals surface area contributed by atoms with E-state index >= 15 is 0 Å². The summed E-state index contributed by atoms with van der Waals surface area (Å²) in [4.78, 5) is 2.38. The standard InChI is InChI=1S/C28H16O2S4/c1-13-3-7-19(29-13)23-11-17-21(31-23)9-5-15-25(17)33-28-16-6-10-22-18(26(16)34-27(15)28)12-24(32-22)20-8-4-14(2)30-20/h3-12H,1-2H3. The van der Waals surface area contributed by atoms with Gasteiger partial charge in [0.2, 0.25) is 0 Å². The van der Waals surface area contributed by atoms with E-state index in [-0.39, 0.29) is 0 Å². The van der Waals surface area contributed by atoms with E-state index < -0.39 is 0 Å². The fraction of sp³-hybridized carbons (Fsp3) is 0.0714. The first-order chi connectivity index (χ1) is 16.6. The van der Waals surface area contributed by atoms with Crippen molar-refractivity contribution in [1.82, 2.24) is 0 Å². The van der Waals surface area contributed by atoms with Crippen LogP contribution in [0.3, 0.4) is 0 Å². The molecule has 8 aromatic rings. The van der Waals surface area contributed by atoms with Gasteiger partial charge in [0.1, 0.15) is 23.0 Å². The molecule has 0 aliphatic heterocycles. The number of aryl methyl sites for hydroxylation is 2. The molecule has 8 rings (SSSR count). The molecular weight excluding hydrogens is 497 g/mol. The van der Waals surface area contributed by atoms with Crippen LogP contribution < -0.4 is 0 Å². The van der Waals surface area contributed by atoms with Crippen molar-refractivity contribution < 1.29 is 8.83 Å². The molecule has 0 radical (unpaired) electrons. The maximum Gasteiger partial charge on any atom is 0.144 e. The van der Waals surface area contributed by atoms with Gasteiger partial charge in [0.15, 0.2) is 0 Å². The second-order valence-electron chi connectivity index (χ2n) is 8.61. The molecule has 0 aliphatic rings. The molecule has 0 saturated heterocycles. The van der Waals surface area contributed by atoms with Crippen LogP contribution in [0, 0.1) is 13.8 Å². The van der Waals surface area contributed by atoms with Crippen molar-refractivity contribution in [1.29, 1.82) is 0 Å². The average molecular weight is 513 g/mol. The SMILES string of the molecule is Cc1ccc(-c2cc3c(ccc4c3sc3c5ccc6sc(-c7ccc(C)o7)cc6c5sc43)s2)o1. The van der Waals surface area contributed by atoms with E-state index in [4.69, 9.17) is 8.83 Å². The number of benzene rings is 2. The fourth-order valence-corrected chi connectivity index (χ4v) is 9.84. The Hall–Kier alpha value is -2.90. The predicted molar refractivity (Wildman–Crippen MR) is 150 cm³/mol. The predicted octanol–water partition coefficient (Wildman–Crippen LogP) is 10.8. The molecule has 0 amide bonds. The minimum atomic E-state index is 0.950. The van der Waals surface area contributed by atoms with Gasteiger partial charge < -0.3 is 8.83 Å². The summed E-state index contributed by atoms with van der Waals surface area (Å²) in [6.45, 7) is 3.99. The molecule has 34 heavy (non-hydrogen) atoms. The fourth-order valence-electron chi connectivity index (χ4n) is 4.78. The number of hydrogen-bond donors (Lipinski definition) is 0. The summed E-state index contributed by atoms with van der Waals surface area (Å²) in [5, 5.41) is 5.39. The van der Waals surface area contributed by atoms with Crippen LogP contribution in [0.5, 0.6) is 0 Å². The Morgan fingerprint density at radius 3 is 1.35 bits per heavy atom. The highest BCUT2D eigenvalue weighted by molar-refractivity contribution is 7.38. The number of rotatable bonds is 2. The second kappa shape index (κ2) is 6.83. The van der Waals surface area contributed by atoms with E-state index in [1.807, 2.05) is 71.3 Å². The third-order valence-corrected chi connectivity index (χ3v) is 11.3. The van der Waals surface area contributed by atoms with Gasteiger partial charge in [-0.05, 0) is 62.4 Å². The molecule has 0 fully saturated rings. The molecule has 0 aliphatic carbocycles. The van der Waals surface area contributed by atoms with Crippen LogP contribution in [0.4, 0.5) is 0 Å². The van der Waals surface area contributed by atoms with E-state index in [0.717, 1.165) is 23.0 Å². The number of thiophene rings is 4. The highest BCUT2D eigenvalue weighted by atomic mass is 32.1. The van der Waals surface area contributed by atoms with Crippen LogP contribution in [0.2, 0.25) is 0 Å². The van der Waals surface area contributed by atoms with Gasteiger partial charge in [0, 0.05) is 40.3 Å². The first-order valence-electron chi connectivity index (χ1n) is 11.0. The minimum absolute atomic E-state index is 0.950. The lowest BCUT2D eigenvalue weighted by atomic mass is 10.1. The Morgan fingerprint density at radius 1 is 0.471 bits per heavy atom. The summed E-state index contributed by atoms with van der Waals surface area (Å²) in [5.41, 5.74) is 0. The van der Waals surface area contributed by atoms with Crippen LogP contribution >= 0.6 is 45.3 Å². The zero-order valence-electron chi connectivity index (χ0n) is 18.2. The Kier molecular flexibility index (Phi) is 3.90. The summed E-state index contributed by atoms with van der Waals surface area (Å²) < 4.78 is 20.0. The van der Waals surface area contributed by atoms with Crippen molar-refractivity contribution in [2.45, 2.75) is 13.8 Å². The second-order valence-corrected chi connectivity index (χ2v) is 12.8. The van der Waals surface area contributed by atoms with E-state index in [9.17, 15) is 0 Å². The highest BCUT2D eigenvalue weighted by Gasteiger charge is 2.19. The molecule has 6 heteroatoms. The van der Waals surface area contributed by atoms with Gasteiger partial charge in [-0.1, -0.05) is 12.1 Å². The number of hydrogen-bond acceptors (Lipinski definition) is 6. The average Bonchev–Trinajstić information content (AvgIpc) is 3.62. The molecule has 6 heterocycles. The molecule has 0 saturated carbocycles.